The average Bonchev–Trinajstić information content (AvgIpc) is 1.89. The van der Waals surface area contributed by atoms with Crippen molar-refractivity contribution in [1.82, 2.24) is 0 Å². The van der Waals surface area contributed by atoms with Crippen LogP contribution in [0.1, 0.15) is 26.2 Å². The van der Waals surface area contributed by atoms with Gasteiger partial charge in [-0.05, 0) is 0 Å². The molecule has 0 aromatic rings. The van der Waals surface area contributed by atoms with Crippen LogP contribution in [0.2, 0.25) is 10.4 Å². The second-order valence-electron chi connectivity index (χ2n) is 2.13. The van der Waals surface area contributed by atoms with Crippen molar-refractivity contribution in [1.29, 1.82) is 0 Å². The Morgan fingerprint density at radius 3 is 2.78 bits per heavy atom. The number of unbranched alkanes of at least 4 members (excludes halogenated alkanes) is 2. The first kappa shape index (κ1) is 9.30. The monoisotopic (exact) mass is 187 g/mol. The summed E-state index contributed by atoms with van der Waals surface area (Å²) in [5, 5.41) is 2.77. The first-order valence-corrected chi connectivity index (χ1v) is 6.31. The van der Waals surface area contributed by atoms with Crippen molar-refractivity contribution in [3.63, 3.8) is 0 Å². The topological polar surface area (TPSA) is 0 Å². The molecule has 0 bridgehead atoms. The van der Waals surface area contributed by atoms with Crippen molar-refractivity contribution < 1.29 is 0 Å². The van der Waals surface area contributed by atoms with E-state index in [1.54, 1.807) is 0 Å². The number of allylic oxidation sites excluding steroid dienone is 1. The van der Waals surface area contributed by atoms with E-state index in [1.165, 1.54) is 29.7 Å². The van der Waals surface area contributed by atoms with Gasteiger partial charge in [-0.25, -0.2) is 0 Å². The Morgan fingerprint density at radius 1 is 1.44 bits per heavy atom. The molecule has 0 amide bonds. The predicted molar refractivity (Wildman–Crippen MR) is 45.1 cm³/mol. The summed E-state index contributed by atoms with van der Waals surface area (Å²) >= 11 is 0.619. The summed E-state index contributed by atoms with van der Waals surface area (Å²) in [6.45, 7) is 5.96. The summed E-state index contributed by atoms with van der Waals surface area (Å²) in [7, 11) is 0. The second kappa shape index (κ2) is 8.30. The minimum atomic E-state index is 0.619. The van der Waals surface area contributed by atoms with Gasteiger partial charge in [0.15, 0.2) is 0 Å². The van der Waals surface area contributed by atoms with Crippen LogP contribution in [-0.2, 0) is 0 Å². The molecule has 0 aliphatic rings. The van der Waals surface area contributed by atoms with Crippen LogP contribution in [0, 0.1) is 0 Å². The standard InChI is InChI=1S/C8H16As/c1-3-5-6-8-9-7-4-2/h4H,2-3,5-8H2,1H3. The molecule has 9 heavy (non-hydrogen) atoms. The molecule has 0 rings (SSSR count). The Morgan fingerprint density at radius 2 is 2.22 bits per heavy atom. The van der Waals surface area contributed by atoms with Crippen molar-refractivity contribution in [2.24, 2.45) is 0 Å². The zero-order valence-corrected chi connectivity index (χ0v) is 8.14. The van der Waals surface area contributed by atoms with Crippen LogP contribution in [-0.4, -0.2) is 15.8 Å². The summed E-state index contributed by atoms with van der Waals surface area (Å²) in [5.74, 6) is 0. The van der Waals surface area contributed by atoms with E-state index in [0.717, 1.165) is 0 Å². The van der Waals surface area contributed by atoms with E-state index in [0.29, 0.717) is 15.8 Å². The predicted octanol–water partition coefficient (Wildman–Crippen LogP) is 2.90. The molecule has 53 valence electrons. The van der Waals surface area contributed by atoms with Gasteiger partial charge >= 0.3 is 65.0 Å². The number of hydrogen-bond donors (Lipinski definition) is 0. The summed E-state index contributed by atoms with van der Waals surface area (Å²) < 4.78 is 0. The molecule has 0 aliphatic carbocycles. The fourth-order valence-corrected chi connectivity index (χ4v) is 2.36. The van der Waals surface area contributed by atoms with Crippen molar-refractivity contribution in [2.45, 2.75) is 36.6 Å². The maximum atomic E-state index is 3.70. The zero-order valence-electron chi connectivity index (χ0n) is 6.27. The van der Waals surface area contributed by atoms with Gasteiger partial charge in [0.1, 0.15) is 0 Å². The van der Waals surface area contributed by atoms with Gasteiger partial charge in [-0.1, -0.05) is 0 Å². The molecule has 0 N–H and O–H groups in total. The Hall–Kier alpha value is 0.298. The molecule has 0 aliphatic heterocycles. The average molecular weight is 187 g/mol. The molecule has 0 heterocycles. The SMILES string of the molecule is C=CC[As]CCCCC. The Bertz CT molecular complexity index is 59.6. The van der Waals surface area contributed by atoms with Gasteiger partial charge in [0.05, 0.1) is 0 Å². The normalized spacial score (nSPS) is 10.8. The van der Waals surface area contributed by atoms with Gasteiger partial charge in [-0.15, -0.1) is 0 Å². The van der Waals surface area contributed by atoms with E-state index in [-0.39, 0.29) is 0 Å². The molecular formula is C8H16As. The number of hydrogen-bond acceptors (Lipinski definition) is 0. The molecule has 0 unspecified atom stereocenters. The first-order chi connectivity index (χ1) is 4.41. The van der Waals surface area contributed by atoms with Crippen LogP contribution >= 0.6 is 0 Å². The van der Waals surface area contributed by atoms with Gasteiger partial charge in [0, 0.05) is 0 Å². The van der Waals surface area contributed by atoms with E-state index in [9.17, 15) is 0 Å². The van der Waals surface area contributed by atoms with Crippen molar-refractivity contribution in [2.75, 3.05) is 0 Å². The second-order valence-corrected chi connectivity index (χ2v) is 4.77. The molecule has 0 nitrogen and oxygen atoms in total. The summed E-state index contributed by atoms with van der Waals surface area (Å²) in [4.78, 5) is 0. The van der Waals surface area contributed by atoms with Crippen LogP contribution in [0.3, 0.4) is 0 Å². The summed E-state index contributed by atoms with van der Waals surface area (Å²) in [6.07, 6.45) is 6.28. The van der Waals surface area contributed by atoms with Crippen molar-refractivity contribution in [3.8, 4) is 0 Å². The van der Waals surface area contributed by atoms with E-state index in [4.69, 9.17) is 0 Å². The molecule has 1 heteroatoms. The van der Waals surface area contributed by atoms with Crippen LogP contribution < -0.4 is 0 Å². The fourth-order valence-electron chi connectivity index (χ4n) is 0.656. The van der Waals surface area contributed by atoms with E-state index in [1.807, 2.05) is 6.08 Å². The molecule has 0 aromatic heterocycles. The molecule has 0 atom stereocenters. The third kappa shape index (κ3) is 8.30. The van der Waals surface area contributed by atoms with Crippen molar-refractivity contribution in [3.05, 3.63) is 12.7 Å². The molecule has 0 fully saturated rings. The number of rotatable bonds is 6. The van der Waals surface area contributed by atoms with Crippen LogP contribution in [0.5, 0.6) is 0 Å². The maximum absolute atomic E-state index is 3.70. The van der Waals surface area contributed by atoms with E-state index >= 15 is 0 Å². The van der Waals surface area contributed by atoms with E-state index in [2.05, 4.69) is 13.5 Å². The Balaban J connectivity index is 2.66. The Labute approximate surface area is 65.4 Å². The summed E-state index contributed by atoms with van der Waals surface area (Å²) in [6, 6.07) is 0. The zero-order chi connectivity index (χ0) is 6.95. The van der Waals surface area contributed by atoms with Gasteiger partial charge in [0.2, 0.25) is 0 Å². The van der Waals surface area contributed by atoms with Gasteiger partial charge in [-0.2, -0.15) is 0 Å². The van der Waals surface area contributed by atoms with Gasteiger partial charge < -0.3 is 0 Å². The van der Waals surface area contributed by atoms with Gasteiger partial charge in [-0.3, -0.25) is 0 Å². The summed E-state index contributed by atoms with van der Waals surface area (Å²) in [5.41, 5.74) is 0. The first-order valence-electron chi connectivity index (χ1n) is 3.66. The van der Waals surface area contributed by atoms with Gasteiger partial charge in [0.25, 0.3) is 0 Å². The fraction of sp³-hybridized carbons (Fsp3) is 0.750. The van der Waals surface area contributed by atoms with Crippen LogP contribution in [0.4, 0.5) is 0 Å². The van der Waals surface area contributed by atoms with Crippen LogP contribution in [0.25, 0.3) is 0 Å². The van der Waals surface area contributed by atoms with Crippen LogP contribution in [0.15, 0.2) is 12.7 Å². The Kier molecular flexibility index (Phi) is 8.57. The molecular weight excluding hydrogens is 171 g/mol. The minimum absolute atomic E-state index is 0.619. The third-order valence-electron chi connectivity index (χ3n) is 1.18. The quantitative estimate of drug-likeness (QED) is 0.340. The third-order valence-corrected chi connectivity index (χ3v) is 3.59. The molecule has 0 aromatic carbocycles. The molecule has 1 radical (unpaired) electrons. The van der Waals surface area contributed by atoms with Crippen molar-refractivity contribution >= 4 is 15.8 Å². The molecule has 0 spiro atoms. The molecule has 0 saturated heterocycles. The van der Waals surface area contributed by atoms with E-state index < -0.39 is 0 Å². The molecule has 0 saturated carbocycles.